The van der Waals surface area contributed by atoms with Gasteiger partial charge in [-0.1, -0.05) is 0 Å². The summed E-state index contributed by atoms with van der Waals surface area (Å²) in [5.41, 5.74) is 0.845. The van der Waals surface area contributed by atoms with E-state index in [2.05, 4.69) is 9.98 Å². The van der Waals surface area contributed by atoms with Crippen LogP contribution in [-0.2, 0) is 14.4 Å². The maximum atomic E-state index is 12.0. The third-order valence-electron chi connectivity index (χ3n) is 2.89. The summed E-state index contributed by atoms with van der Waals surface area (Å²) in [6, 6.07) is 12.3. The molecule has 0 saturated carbocycles. The first kappa shape index (κ1) is 16.8. The Morgan fingerprint density at radius 3 is 1.79 bits per heavy atom. The van der Waals surface area contributed by atoms with Crippen LogP contribution in [0.4, 0.5) is 11.4 Å². The number of ether oxygens (including phenoxy) is 2. The lowest BCUT2D eigenvalue weighted by Crippen LogP contribution is -2.28. The Labute approximate surface area is 137 Å². The van der Waals surface area contributed by atoms with Crippen LogP contribution in [-0.4, -0.2) is 24.2 Å². The molecular weight excluding hydrogens is 312 g/mol. The summed E-state index contributed by atoms with van der Waals surface area (Å²) in [5, 5.41) is 0. The smallest absolute Gasteiger partial charge is 0.352 e. The second kappa shape index (κ2) is 8.19. The monoisotopic (exact) mass is 324 g/mol. The fraction of sp³-hybridized carbons (Fsp3) is 0.118. The Bertz CT molecular complexity index is 802. The van der Waals surface area contributed by atoms with E-state index in [1.165, 1.54) is 36.4 Å². The molecule has 0 aliphatic carbocycles. The Morgan fingerprint density at radius 1 is 0.875 bits per heavy atom. The van der Waals surface area contributed by atoms with E-state index in [0.717, 1.165) is 0 Å². The molecular formula is C17H12N2O5. The Balaban J connectivity index is 1.96. The molecule has 0 N–H and O–H groups in total. The molecule has 0 aromatic heterocycles. The molecule has 0 radical (unpaired) electrons. The molecule has 0 aliphatic heterocycles. The van der Waals surface area contributed by atoms with E-state index in [9.17, 15) is 14.4 Å². The number of esters is 1. The molecule has 1 atom stereocenters. The molecule has 0 fully saturated rings. The van der Waals surface area contributed by atoms with Crippen LogP contribution in [0.25, 0.3) is 0 Å². The second-order valence-corrected chi connectivity index (χ2v) is 4.58. The third-order valence-corrected chi connectivity index (χ3v) is 2.89. The van der Waals surface area contributed by atoms with E-state index in [0.29, 0.717) is 22.9 Å². The van der Waals surface area contributed by atoms with Gasteiger partial charge in [0.05, 0.1) is 11.4 Å². The molecule has 2 aromatic rings. The van der Waals surface area contributed by atoms with E-state index < -0.39 is 12.1 Å². The van der Waals surface area contributed by atoms with Crippen molar-refractivity contribution in [3.05, 3.63) is 48.5 Å². The van der Waals surface area contributed by atoms with Crippen molar-refractivity contribution >= 4 is 29.5 Å². The summed E-state index contributed by atoms with van der Waals surface area (Å²) in [4.78, 5) is 39.2. The van der Waals surface area contributed by atoms with Gasteiger partial charge in [0.2, 0.25) is 12.2 Å². The lowest BCUT2D eigenvalue weighted by Gasteiger charge is -2.13. The number of aliphatic imine (C=N–C) groups is 2. The zero-order valence-corrected chi connectivity index (χ0v) is 12.6. The zero-order chi connectivity index (χ0) is 17.4. The molecule has 0 heterocycles. The van der Waals surface area contributed by atoms with Crippen molar-refractivity contribution in [1.82, 2.24) is 0 Å². The van der Waals surface area contributed by atoms with Crippen molar-refractivity contribution in [1.29, 1.82) is 0 Å². The number of hydrogen-bond acceptors (Lipinski definition) is 7. The molecule has 7 nitrogen and oxygen atoms in total. The summed E-state index contributed by atoms with van der Waals surface area (Å²) in [7, 11) is 0. The summed E-state index contributed by atoms with van der Waals surface area (Å²) in [6.07, 6.45) is 2.01. The van der Waals surface area contributed by atoms with Crippen molar-refractivity contribution in [2.45, 2.75) is 13.0 Å². The molecule has 2 aromatic carbocycles. The minimum Gasteiger partial charge on any atom is -0.479 e. The number of nitrogens with zero attached hydrogens (tertiary/aromatic N) is 2. The average molecular weight is 324 g/mol. The fourth-order valence-electron chi connectivity index (χ4n) is 1.74. The molecule has 0 saturated heterocycles. The predicted molar refractivity (Wildman–Crippen MR) is 84.2 cm³/mol. The second-order valence-electron chi connectivity index (χ2n) is 4.58. The van der Waals surface area contributed by atoms with Crippen molar-refractivity contribution < 1.29 is 23.9 Å². The molecule has 120 valence electrons. The van der Waals surface area contributed by atoms with Crippen LogP contribution >= 0.6 is 0 Å². The maximum absolute atomic E-state index is 12.0. The molecule has 0 aliphatic rings. The van der Waals surface area contributed by atoms with Gasteiger partial charge in [0.25, 0.3) is 0 Å². The first-order valence-corrected chi connectivity index (χ1v) is 6.86. The molecule has 1 unspecified atom stereocenters. The minimum atomic E-state index is -0.849. The van der Waals surface area contributed by atoms with Gasteiger partial charge in [0.15, 0.2) is 6.10 Å². The van der Waals surface area contributed by atoms with Gasteiger partial charge >= 0.3 is 5.97 Å². The van der Waals surface area contributed by atoms with Gasteiger partial charge in [0, 0.05) is 0 Å². The highest BCUT2D eigenvalue weighted by atomic mass is 16.6. The van der Waals surface area contributed by atoms with Crippen molar-refractivity contribution in [3.8, 4) is 11.5 Å². The summed E-state index contributed by atoms with van der Waals surface area (Å²) >= 11 is 0. The van der Waals surface area contributed by atoms with Crippen molar-refractivity contribution in [2.75, 3.05) is 0 Å². The van der Waals surface area contributed by atoms with Crippen LogP contribution in [0.5, 0.6) is 11.5 Å². The maximum Gasteiger partial charge on any atom is 0.352 e. The number of carbonyl (C=O) groups is 1. The van der Waals surface area contributed by atoms with Gasteiger partial charge in [-0.25, -0.2) is 14.4 Å². The number of benzene rings is 2. The van der Waals surface area contributed by atoms with E-state index in [4.69, 9.17) is 9.47 Å². The normalized spacial score (nSPS) is 10.7. The topological polar surface area (TPSA) is 94.4 Å². The quantitative estimate of drug-likeness (QED) is 0.352. The van der Waals surface area contributed by atoms with Crippen molar-refractivity contribution in [2.24, 2.45) is 9.98 Å². The van der Waals surface area contributed by atoms with Crippen LogP contribution < -0.4 is 9.47 Å². The minimum absolute atomic E-state index is 0.302. The number of isocyanates is 2. The van der Waals surface area contributed by atoms with Gasteiger partial charge in [-0.15, -0.1) is 0 Å². The third kappa shape index (κ3) is 4.74. The average Bonchev–Trinajstić information content (AvgIpc) is 2.59. The van der Waals surface area contributed by atoms with E-state index in [-0.39, 0.29) is 0 Å². The number of carbonyl (C=O) groups excluding carboxylic acids is 3. The van der Waals surface area contributed by atoms with Crippen LogP contribution in [0.1, 0.15) is 6.92 Å². The molecule has 0 spiro atoms. The highest BCUT2D eigenvalue weighted by molar-refractivity contribution is 5.77. The van der Waals surface area contributed by atoms with E-state index in [1.807, 2.05) is 0 Å². The van der Waals surface area contributed by atoms with Gasteiger partial charge in [0.1, 0.15) is 11.5 Å². The molecule has 24 heavy (non-hydrogen) atoms. The summed E-state index contributed by atoms with van der Waals surface area (Å²) < 4.78 is 10.6. The van der Waals surface area contributed by atoms with Gasteiger partial charge < -0.3 is 9.47 Å². The summed E-state index contributed by atoms with van der Waals surface area (Å²) in [6.45, 7) is 1.55. The molecule has 7 heteroatoms. The van der Waals surface area contributed by atoms with Crippen LogP contribution in [0, 0.1) is 0 Å². The Hall–Kier alpha value is -3.53. The van der Waals surface area contributed by atoms with Crippen LogP contribution in [0.2, 0.25) is 0 Å². The highest BCUT2D eigenvalue weighted by Gasteiger charge is 2.17. The van der Waals surface area contributed by atoms with E-state index >= 15 is 0 Å². The number of hydrogen-bond donors (Lipinski definition) is 0. The lowest BCUT2D eigenvalue weighted by molar-refractivity contribution is -0.141. The highest BCUT2D eigenvalue weighted by Crippen LogP contribution is 2.20. The van der Waals surface area contributed by atoms with Gasteiger partial charge in [-0.05, 0) is 55.5 Å². The first-order chi connectivity index (χ1) is 11.6. The predicted octanol–water partition coefficient (Wildman–Crippen LogP) is 2.99. The van der Waals surface area contributed by atoms with Gasteiger partial charge in [-0.2, -0.15) is 9.98 Å². The lowest BCUT2D eigenvalue weighted by atomic mass is 10.3. The van der Waals surface area contributed by atoms with Gasteiger partial charge in [-0.3, -0.25) is 0 Å². The van der Waals surface area contributed by atoms with Crippen LogP contribution in [0.15, 0.2) is 58.5 Å². The van der Waals surface area contributed by atoms with E-state index in [1.54, 1.807) is 31.2 Å². The fourth-order valence-corrected chi connectivity index (χ4v) is 1.74. The first-order valence-electron chi connectivity index (χ1n) is 6.86. The number of rotatable bonds is 6. The summed E-state index contributed by atoms with van der Waals surface area (Å²) in [5.74, 6) is 0.146. The molecule has 0 amide bonds. The largest absolute Gasteiger partial charge is 0.479 e. The zero-order valence-electron chi connectivity index (χ0n) is 12.6. The van der Waals surface area contributed by atoms with Crippen LogP contribution in [0.3, 0.4) is 0 Å². The standard InChI is InChI=1S/C17H12N2O5/c1-12(23-15-6-2-13(3-7-15)18-10-20)17(22)24-16-8-4-14(5-9-16)19-11-21/h2-9,12H,1H3. The Morgan fingerprint density at radius 2 is 1.33 bits per heavy atom. The van der Waals surface area contributed by atoms with Crippen molar-refractivity contribution in [3.63, 3.8) is 0 Å². The Kier molecular flexibility index (Phi) is 5.75. The molecule has 0 bridgehead atoms. The SMILES string of the molecule is CC(Oc1ccc(N=C=O)cc1)C(=O)Oc1ccc(N=C=O)cc1. The molecule has 2 rings (SSSR count).